The number of hydrogen-bond acceptors (Lipinski definition) is 4. The van der Waals surface area contributed by atoms with Crippen molar-refractivity contribution in [2.75, 3.05) is 7.11 Å². The van der Waals surface area contributed by atoms with E-state index in [-0.39, 0.29) is 9.79 Å². The molecule has 1 aromatic heterocycles. The Balaban J connectivity index is 2.05. The summed E-state index contributed by atoms with van der Waals surface area (Å²) in [5.41, 5.74) is 0.601. The van der Waals surface area contributed by atoms with Crippen molar-refractivity contribution in [3.8, 4) is 11.4 Å². The number of pyridine rings is 1. The molecule has 0 saturated heterocycles. The molecule has 4 aromatic rings. The number of nitrogens with zero attached hydrogens (tertiary/aromatic N) is 1. The molecule has 0 radical (unpaired) electrons. The van der Waals surface area contributed by atoms with E-state index in [1.165, 1.54) is 22.8 Å². The Morgan fingerprint density at radius 3 is 2.14 bits per heavy atom. The molecule has 140 valence electrons. The zero-order valence-corrected chi connectivity index (χ0v) is 15.9. The molecule has 0 spiro atoms. The lowest BCUT2D eigenvalue weighted by atomic mass is 10.2. The predicted molar refractivity (Wildman–Crippen MR) is 108 cm³/mol. The fourth-order valence-electron chi connectivity index (χ4n) is 3.14. The summed E-state index contributed by atoms with van der Waals surface area (Å²) in [4.78, 5) is 13.1. The standard InChI is InChI=1S/C22H17NO4S/c1-27-18-13-11-17(12-14-18)23-20-10-6-5-7-16(20)15-21(22(23)24)28(25,26)19-8-3-2-4-9-19/h2-15H,1H3. The van der Waals surface area contributed by atoms with Crippen LogP contribution in [0.5, 0.6) is 5.75 Å². The zero-order valence-electron chi connectivity index (χ0n) is 15.1. The van der Waals surface area contributed by atoms with E-state index in [1.807, 2.05) is 12.1 Å². The molecule has 0 unspecified atom stereocenters. The van der Waals surface area contributed by atoms with Crippen molar-refractivity contribution in [3.05, 3.63) is 95.3 Å². The first-order valence-electron chi connectivity index (χ1n) is 8.62. The molecule has 0 N–H and O–H groups in total. The number of fused-ring (bicyclic) bond motifs is 1. The van der Waals surface area contributed by atoms with Gasteiger partial charge in [-0.2, -0.15) is 0 Å². The van der Waals surface area contributed by atoms with Crippen LogP contribution in [0.25, 0.3) is 16.6 Å². The Morgan fingerprint density at radius 2 is 1.46 bits per heavy atom. The number of para-hydroxylation sites is 1. The Kier molecular flexibility index (Phi) is 4.49. The highest BCUT2D eigenvalue weighted by Crippen LogP contribution is 2.24. The topological polar surface area (TPSA) is 65.4 Å². The lowest BCUT2D eigenvalue weighted by Crippen LogP contribution is -2.25. The number of hydrogen-bond donors (Lipinski definition) is 0. The van der Waals surface area contributed by atoms with Crippen molar-refractivity contribution in [2.45, 2.75) is 9.79 Å². The maximum atomic E-state index is 13.3. The molecule has 0 aliphatic carbocycles. The second kappa shape index (κ2) is 6.98. The van der Waals surface area contributed by atoms with Crippen LogP contribution >= 0.6 is 0 Å². The number of aromatic nitrogens is 1. The fourth-order valence-corrected chi connectivity index (χ4v) is 4.52. The summed E-state index contributed by atoms with van der Waals surface area (Å²) < 4.78 is 32.9. The number of benzene rings is 3. The highest BCUT2D eigenvalue weighted by atomic mass is 32.2. The van der Waals surface area contributed by atoms with Gasteiger partial charge in [-0.1, -0.05) is 36.4 Å². The molecule has 5 nitrogen and oxygen atoms in total. The van der Waals surface area contributed by atoms with E-state index in [0.29, 0.717) is 22.3 Å². The van der Waals surface area contributed by atoms with Crippen LogP contribution in [0.4, 0.5) is 0 Å². The molecule has 0 saturated carbocycles. The third-order valence-electron chi connectivity index (χ3n) is 4.55. The van der Waals surface area contributed by atoms with Crippen LogP contribution in [-0.4, -0.2) is 20.1 Å². The highest BCUT2D eigenvalue weighted by Gasteiger charge is 2.24. The van der Waals surface area contributed by atoms with Gasteiger partial charge in [0.05, 0.1) is 17.5 Å². The summed E-state index contributed by atoms with van der Waals surface area (Å²) >= 11 is 0. The van der Waals surface area contributed by atoms with Crippen LogP contribution in [0.3, 0.4) is 0 Å². The molecule has 6 heteroatoms. The maximum Gasteiger partial charge on any atom is 0.274 e. The molecule has 3 aromatic carbocycles. The summed E-state index contributed by atoms with van der Waals surface area (Å²) in [5, 5.41) is 0.660. The van der Waals surface area contributed by atoms with Crippen molar-refractivity contribution < 1.29 is 13.2 Å². The normalized spacial score (nSPS) is 11.5. The molecule has 28 heavy (non-hydrogen) atoms. The zero-order chi connectivity index (χ0) is 19.7. The van der Waals surface area contributed by atoms with Crippen LogP contribution in [-0.2, 0) is 9.84 Å². The third kappa shape index (κ3) is 2.97. The van der Waals surface area contributed by atoms with E-state index < -0.39 is 15.4 Å². The first-order chi connectivity index (χ1) is 13.5. The van der Waals surface area contributed by atoms with Gasteiger partial charge < -0.3 is 4.74 Å². The molecule has 0 atom stereocenters. The molecule has 1 heterocycles. The monoisotopic (exact) mass is 391 g/mol. The first kappa shape index (κ1) is 18.0. The first-order valence-corrected chi connectivity index (χ1v) is 10.1. The molecular weight excluding hydrogens is 374 g/mol. The van der Waals surface area contributed by atoms with Crippen molar-refractivity contribution >= 4 is 20.7 Å². The van der Waals surface area contributed by atoms with E-state index >= 15 is 0 Å². The molecule has 4 rings (SSSR count). The van der Waals surface area contributed by atoms with E-state index in [2.05, 4.69) is 0 Å². The van der Waals surface area contributed by atoms with Gasteiger partial charge in [-0.05, 0) is 48.5 Å². The minimum Gasteiger partial charge on any atom is -0.497 e. The fraction of sp³-hybridized carbons (Fsp3) is 0.0455. The van der Waals surface area contributed by atoms with Gasteiger partial charge in [0.25, 0.3) is 5.56 Å². The van der Waals surface area contributed by atoms with E-state index in [0.717, 1.165) is 0 Å². The Labute approximate surface area is 162 Å². The molecular formula is C22H17NO4S. The molecule has 0 aliphatic heterocycles. The Hall–Kier alpha value is -3.38. The predicted octanol–water partition coefficient (Wildman–Crippen LogP) is 3.83. The average Bonchev–Trinajstić information content (AvgIpc) is 2.74. The second-order valence-electron chi connectivity index (χ2n) is 6.22. The quantitative estimate of drug-likeness (QED) is 0.530. The Bertz CT molecular complexity index is 1310. The van der Waals surface area contributed by atoms with E-state index in [4.69, 9.17) is 4.74 Å². The van der Waals surface area contributed by atoms with Crippen LogP contribution in [0, 0.1) is 0 Å². The van der Waals surface area contributed by atoms with Crippen molar-refractivity contribution in [3.63, 3.8) is 0 Å². The van der Waals surface area contributed by atoms with Gasteiger partial charge in [0.15, 0.2) is 0 Å². The molecule has 0 aliphatic rings. The van der Waals surface area contributed by atoms with Crippen LogP contribution in [0.1, 0.15) is 0 Å². The highest BCUT2D eigenvalue weighted by molar-refractivity contribution is 7.91. The van der Waals surface area contributed by atoms with E-state index in [1.54, 1.807) is 61.7 Å². The molecule has 0 fully saturated rings. The minimum atomic E-state index is -3.96. The minimum absolute atomic E-state index is 0.0867. The van der Waals surface area contributed by atoms with Gasteiger partial charge in [0.2, 0.25) is 9.84 Å². The summed E-state index contributed by atoms with van der Waals surface area (Å²) in [6.07, 6.45) is 0. The number of rotatable bonds is 4. The van der Waals surface area contributed by atoms with Gasteiger partial charge in [0, 0.05) is 11.1 Å². The largest absolute Gasteiger partial charge is 0.497 e. The van der Waals surface area contributed by atoms with Gasteiger partial charge in [-0.25, -0.2) is 8.42 Å². The van der Waals surface area contributed by atoms with Gasteiger partial charge in [-0.3, -0.25) is 9.36 Å². The smallest absolute Gasteiger partial charge is 0.274 e. The van der Waals surface area contributed by atoms with Crippen molar-refractivity contribution in [1.29, 1.82) is 0 Å². The number of methoxy groups -OCH3 is 1. The lowest BCUT2D eigenvalue weighted by Gasteiger charge is -2.14. The van der Waals surface area contributed by atoms with E-state index in [9.17, 15) is 13.2 Å². The Morgan fingerprint density at radius 1 is 0.821 bits per heavy atom. The second-order valence-corrected chi connectivity index (χ2v) is 8.14. The molecule has 0 amide bonds. The summed E-state index contributed by atoms with van der Waals surface area (Å²) in [5.74, 6) is 0.647. The SMILES string of the molecule is COc1ccc(-n2c(=O)c(S(=O)(=O)c3ccccc3)cc3ccccc32)cc1. The summed E-state index contributed by atoms with van der Waals surface area (Å²) in [7, 11) is -2.40. The van der Waals surface area contributed by atoms with Crippen LogP contribution in [0.2, 0.25) is 0 Å². The van der Waals surface area contributed by atoms with Gasteiger partial charge in [-0.15, -0.1) is 0 Å². The number of sulfone groups is 1. The van der Waals surface area contributed by atoms with Gasteiger partial charge in [0.1, 0.15) is 10.6 Å². The average molecular weight is 391 g/mol. The third-order valence-corrected chi connectivity index (χ3v) is 6.32. The molecule has 0 bridgehead atoms. The summed E-state index contributed by atoms with van der Waals surface area (Å²) in [6.45, 7) is 0. The lowest BCUT2D eigenvalue weighted by molar-refractivity contribution is 0.414. The summed E-state index contributed by atoms with van der Waals surface area (Å²) in [6, 6.07) is 23.5. The maximum absolute atomic E-state index is 13.3. The van der Waals surface area contributed by atoms with Crippen LogP contribution < -0.4 is 10.3 Å². The van der Waals surface area contributed by atoms with Gasteiger partial charge >= 0.3 is 0 Å². The van der Waals surface area contributed by atoms with Crippen molar-refractivity contribution in [2.24, 2.45) is 0 Å². The van der Waals surface area contributed by atoms with Crippen LogP contribution in [0.15, 0.2) is 99.5 Å². The van der Waals surface area contributed by atoms with Crippen molar-refractivity contribution in [1.82, 2.24) is 4.57 Å². The number of ether oxygens (including phenoxy) is 1.